The van der Waals surface area contributed by atoms with E-state index in [1.54, 1.807) is 19.1 Å². The second-order valence-corrected chi connectivity index (χ2v) is 4.18. The van der Waals surface area contributed by atoms with Crippen molar-refractivity contribution in [2.24, 2.45) is 0 Å². The van der Waals surface area contributed by atoms with Crippen LogP contribution in [0.2, 0.25) is 5.02 Å². The van der Waals surface area contributed by atoms with Crippen LogP contribution in [0.1, 0.15) is 16.1 Å². The van der Waals surface area contributed by atoms with Gasteiger partial charge in [0.25, 0.3) is 0 Å². The molecule has 98 valence electrons. The number of hydrogen-bond donors (Lipinski definition) is 1. The van der Waals surface area contributed by atoms with Crippen molar-refractivity contribution in [2.75, 3.05) is 12.8 Å². The Bertz CT molecular complexity index is 605. The molecule has 0 bridgehead atoms. The van der Waals surface area contributed by atoms with Crippen LogP contribution in [0.15, 0.2) is 18.3 Å². The van der Waals surface area contributed by atoms with E-state index < -0.39 is 5.97 Å². The predicted octanol–water partition coefficient (Wildman–Crippen LogP) is 1.87. The molecule has 0 unspecified atom stereocenters. The summed E-state index contributed by atoms with van der Waals surface area (Å²) in [5.41, 5.74) is 6.89. The third-order valence-electron chi connectivity index (χ3n) is 2.46. The molecule has 19 heavy (non-hydrogen) atoms. The zero-order valence-corrected chi connectivity index (χ0v) is 11.1. The smallest absolute Gasteiger partial charge is 0.343 e. The van der Waals surface area contributed by atoms with Gasteiger partial charge in [0.1, 0.15) is 17.1 Å². The second-order valence-electron chi connectivity index (χ2n) is 3.75. The van der Waals surface area contributed by atoms with Crippen molar-refractivity contribution in [1.29, 1.82) is 0 Å². The van der Waals surface area contributed by atoms with Crippen molar-refractivity contribution in [3.05, 3.63) is 34.6 Å². The van der Waals surface area contributed by atoms with Gasteiger partial charge >= 0.3 is 5.97 Å². The Morgan fingerprint density at radius 1 is 1.37 bits per heavy atom. The summed E-state index contributed by atoms with van der Waals surface area (Å²) in [4.78, 5) is 23.9. The Labute approximate surface area is 114 Å². The largest absolute Gasteiger partial charge is 0.465 e. The first-order chi connectivity index (χ1) is 9.02. The van der Waals surface area contributed by atoms with Crippen LogP contribution in [0.25, 0.3) is 11.5 Å². The topological polar surface area (TPSA) is 91.0 Å². The highest BCUT2D eigenvalue weighted by molar-refractivity contribution is 6.30. The minimum atomic E-state index is -0.564. The highest BCUT2D eigenvalue weighted by Gasteiger charge is 2.18. The average Bonchev–Trinajstić information content (AvgIpc) is 2.38. The van der Waals surface area contributed by atoms with E-state index in [4.69, 9.17) is 17.3 Å². The van der Waals surface area contributed by atoms with E-state index in [0.29, 0.717) is 22.2 Å². The number of methoxy groups -OCH3 is 1. The van der Waals surface area contributed by atoms with E-state index in [9.17, 15) is 4.79 Å². The number of nitrogens with zero attached hydrogens (tertiary/aromatic N) is 3. The van der Waals surface area contributed by atoms with Crippen molar-refractivity contribution < 1.29 is 9.53 Å². The fraction of sp³-hybridized carbons (Fsp3) is 0.167. The fourth-order valence-corrected chi connectivity index (χ4v) is 1.68. The molecule has 0 saturated carbocycles. The molecule has 0 amide bonds. The first-order valence-electron chi connectivity index (χ1n) is 5.37. The van der Waals surface area contributed by atoms with E-state index in [0.717, 1.165) is 0 Å². The van der Waals surface area contributed by atoms with Crippen molar-refractivity contribution in [3.8, 4) is 11.5 Å². The van der Waals surface area contributed by atoms with Crippen molar-refractivity contribution in [2.45, 2.75) is 6.92 Å². The van der Waals surface area contributed by atoms with Crippen LogP contribution in [-0.2, 0) is 4.74 Å². The van der Waals surface area contributed by atoms with Crippen LogP contribution in [-0.4, -0.2) is 28.0 Å². The maximum atomic E-state index is 11.5. The van der Waals surface area contributed by atoms with E-state index in [-0.39, 0.29) is 11.4 Å². The molecule has 0 fully saturated rings. The SMILES string of the molecule is COC(=O)c1c(C)nc(-c2ccc(Cl)cn2)nc1N. The summed E-state index contributed by atoms with van der Waals surface area (Å²) in [6.45, 7) is 1.66. The van der Waals surface area contributed by atoms with Gasteiger partial charge in [-0.25, -0.2) is 14.8 Å². The number of nitrogen functional groups attached to an aromatic ring is 1. The van der Waals surface area contributed by atoms with E-state index in [1.165, 1.54) is 13.3 Å². The minimum Gasteiger partial charge on any atom is -0.465 e. The number of carbonyl (C=O) groups is 1. The van der Waals surface area contributed by atoms with Crippen LogP contribution in [0.5, 0.6) is 0 Å². The number of carbonyl (C=O) groups excluding carboxylic acids is 1. The highest BCUT2D eigenvalue weighted by atomic mass is 35.5. The Kier molecular flexibility index (Phi) is 3.62. The number of esters is 1. The third-order valence-corrected chi connectivity index (χ3v) is 2.69. The highest BCUT2D eigenvalue weighted by Crippen LogP contribution is 2.20. The van der Waals surface area contributed by atoms with Crippen molar-refractivity contribution >= 4 is 23.4 Å². The number of hydrogen-bond acceptors (Lipinski definition) is 6. The van der Waals surface area contributed by atoms with Gasteiger partial charge in [-0.15, -0.1) is 0 Å². The second kappa shape index (κ2) is 5.19. The molecule has 2 heterocycles. The zero-order chi connectivity index (χ0) is 14.0. The molecule has 0 saturated heterocycles. The van der Waals surface area contributed by atoms with Gasteiger partial charge in [0.2, 0.25) is 0 Å². The summed E-state index contributed by atoms with van der Waals surface area (Å²) in [5.74, 6) is -0.170. The normalized spacial score (nSPS) is 10.3. The molecule has 0 aliphatic rings. The summed E-state index contributed by atoms with van der Waals surface area (Å²) in [5, 5.41) is 0.514. The lowest BCUT2D eigenvalue weighted by Gasteiger charge is -2.08. The molecule has 2 aromatic rings. The Hall–Kier alpha value is -2.21. The monoisotopic (exact) mass is 278 g/mol. The lowest BCUT2D eigenvalue weighted by atomic mass is 10.2. The third kappa shape index (κ3) is 2.63. The fourth-order valence-electron chi connectivity index (χ4n) is 1.57. The maximum Gasteiger partial charge on any atom is 0.343 e. The van der Waals surface area contributed by atoms with Gasteiger partial charge < -0.3 is 10.5 Å². The molecule has 0 aromatic carbocycles. The van der Waals surface area contributed by atoms with Gasteiger partial charge in [-0.2, -0.15) is 0 Å². The first kappa shape index (κ1) is 13.2. The lowest BCUT2D eigenvalue weighted by molar-refractivity contribution is 0.0600. The molecule has 2 rings (SSSR count). The summed E-state index contributed by atoms with van der Waals surface area (Å²) in [6, 6.07) is 3.35. The molecular weight excluding hydrogens is 268 g/mol. The molecule has 0 aliphatic heterocycles. The van der Waals surface area contributed by atoms with E-state index in [1.807, 2.05) is 0 Å². The molecule has 0 aliphatic carbocycles. The van der Waals surface area contributed by atoms with Gasteiger partial charge in [0, 0.05) is 6.20 Å². The maximum absolute atomic E-state index is 11.5. The predicted molar refractivity (Wildman–Crippen MR) is 70.8 cm³/mol. The number of nitrogens with two attached hydrogens (primary N) is 1. The van der Waals surface area contributed by atoms with Crippen LogP contribution >= 0.6 is 11.6 Å². The summed E-state index contributed by atoms with van der Waals surface area (Å²) < 4.78 is 4.63. The molecule has 2 aromatic heterocycles. The molecule has 0 radical (unpaired) electrons. The van der Waals surface area contributed by atoms with Gasteiger partial charge in [0.15, 0.2) is 5.82 Å². The standard InChI is InChI=1S/C12H11ClN4O2/c1-6-9(12(18)19-2)10(14)17-11(16-6)8-4-3-7(13)5-15-8/h3-5H,1-2H3,(H2,14,16,17). The van der Waals surface area contributed by atoms with Crippen molar-refractivity contribution in [3.63, 3.8) is 0 Å². The zero-order valence-electron chi connectivity index (χ0n) is 10.3. The molecule has 7 heteroatoms. The molecule has 0 atom stereocenters. The number of rotatable bonds is 2. The van der Waals surface area contributed by atoms with E-state index in [2.05, 4.69) is 19.7 Å². The number of ether oxygens (including phenoxy) is 1. The van der Waals surface area contributed by atoms with Crippen LogP contribution in [0.3, 0.4) is 0 Å². The van der Waals surface area contributed by atoms with Gasteiger partial charge in [0.05, 0.1) is 17.8 Å². The van der Waals surface area contributed by atoms with Gasteiger partial charge in [-0.05, 0) is 19.1 Å². The Morgan fingerprint density at radius 3 is 2.63 bits per heavy atom. The van der Waals surface area contributed by atoms with Crippen LogP contribution in [0, 0.1) is 6.92 Å². The average molecular weight is 279 g/mol. The quantitative estimate of drug-likeness (QED) is 0.843. The minimum absolute atomic E-state index is 0.0612. The number of aromatic nitrogens is 3. The first-order valence-corrected chi connectivity index (χ1v) is 5.75. The lowest BCUT2D eigenvalue weighted by Crippen LogP contribution is -2.12. The van der Waals surface area contributed by atoms with Gasteiger partial charge in [-0.3, -0.25) is 4.98 Å². The molecule has 6 nitrogen and oxygen atoms in total. The van der Waals surface area contributed by atoms with Crippen LogP contribution in [0.4, 0.5) is 5.82 Å². The number of halogens is 1. The summed E-state index contributed by atoms with van der Waals surface area (Å²) in [6.07, 6.45) is 1.49. The van der Waals surface area contributed by atoms with E-state index >= 15 is 0 Å². The summed E-state index contributed by atoms with van der Waals surface area (Å²) >= 11 is 5.76. The number of anilines is 1. The molecular formula is C12H11ClN4O2. The number of aryl methyl sites for hydroxylation is 1. The Balaban J connectivity index is 2.51. The summed E-state index contributed by atoms with van der Waals surface area (Å²) in [7, 11) is 1.27. The number of pyridine rings is 1. The van der Waals surface area contributed by atoms with Crippen molar-refractivity contribution in [1.82, 2.24) is 15.0 Å². The van der Waals surface area contributed by atoms with Crippen LogP contribution < -0.4 is 5.73 Å². The Morgan fingerprint density at radius 2 is 2.11 bits per heavy atom. The van der Waals surface area contributed by atoms with Gasteiger partial charge in [-0.1, -0.05) is 11.6 Å². The molecule has 0 spiro atoms. The molecule has 2 N–H and O–H groups in total.